The van der Waals surface area contributed by atoms with Crippen LogP contribution in [0.5, 0.6) is 0 Å². The van der Waals surface area contributed by atoms with E-state index in [4.69, 9.17) is 0 Å². The lowest BCUT2D eigenvalue weighted by Gasteiger charge is -2.22. The van der Waals surface area contributed by atoms with Gasteiger partial charge in [-0.15, -0.1) is 0 Å². The van der Waals surface area contributed by atoms with E-state index in [0.29, 0.717) is 13.1 Å². The van der Waals surface area contributed by atoms with Gasteiger partial charge in [0.05, 0.1) is 24.6 Å². The van der Waals surface area contributed by atoms with E-state index in [-0.39, 0.29) is 5.91 Å². The third kappa shape index (κ3) is 2.89. The van der Waals surface area contributed by atoms with Crippen molar-refractivity contribution >= 4 is 17.8 Å². The Hall–Kier alpha value is -1.71. The van der Waals surface area contributed by atoms with Crippen molar-refractivity contribution in [1.29, 1.82) is 0 Å². The maximum absolute atomic E-state index is 11.4. The molecule has 1 aliphatic heterocycles. The van der Waals surface area contributed by atoms with Crippen LogP contribution in [0.2, 0.25) is 0 Å². The van der Waals surface area contributed by atoms with Gasteiger partial charge >= 0.3 is 0 Å². The van der Waals surface area contributed by atoms with E-state index in [9.17, 15) is 4.79 Å². The van der Waals surface area contributed by atoms with E-state index < -0.39 is 0 Å². The number of nitrogens with zero attached hydrogens (tertiary/aromatic N) is 3. The highest BCUT2D eigenvalue weighted by atomic mass is 16.2. The van der Waals surface area contributed by atoms with E-state index >= 15 is 0 Å². The average molecular weight is 219 g/mol. The first-order valence-corrected chi connectivity index (χ1v) is 5.51. The molecule has 0 aromatic carbocycles. The summed E-state index contributed by atoms with van der Waals surface area (Å²) >= 11 is 0. The summed E-state index contributed by atoms with van der Waals surface area (Å²) in [6.07, 6.45) is 3.08. The van der Waals surface area contributed by atoms with E-state index in [2.05, 4.69) is 9.98 Å². The minimum atomic E-state index is -0.0677. The SMILES string of the molecule is CC.Cc1ccc(N2CCN=CC2=O)cn1. The lowest BCUT2D eigenvalue weighted by atomic mass is 10.3. The zero-order chi connectivity index (χ0) is 12.0. The van der Waals surface area contributed by atoms with Gasteiger partial charge in [-0.05, 0) is 19.1 Å². The molecule has 0 unspecified atom stereocenters. The minimum absolute atomic E-state index is 0.0677. The fourth-order valence-corrected chi connectivity index (χ4v) is 1.36. The minimum Gasteiger partial charge on any atom is -0.304 e. The molecule has 86 valence electrons. The number of amides is 1. The molecule has 1 aromatic rings. The fraction of sp³-hybridized carbons (Fsp3) is 0.417. The smallest absolute Gasteiger partial charge is 0.269 e. The Bertz CT molecular complexity index is 370. The van der Waals surface area contributed by atoms with Gasteiger partial charge in [-0.1, -0.05) is 13.8 Å². The Labute approximate surface area is 96.0 Å². The molecule has 1 amide bonds. The predicted octanol–water partition coefficient (Wildman–Crippen LogP) is 1.83. The third-order valence-electron chi connectivity index (χ3n) is 2.13. The first kappa shape index (κ1) is 12.4. The molecule has 0 fully saturated rings. The summed E-state index contributed by atoms with van der Waals surface area (Å²) in [4.78, 5) is 21.2. The standard InChI is InChI=1S/C10H11N3O.C2H6/c1-8-2-3-9(6-12-8)13-5-4-11-7-10(13)14;1-2/h2-3,6-7H,4-5H2,1H3;1-2H3. The molecule has 2 heterocycles. The van der Waals surface area contributed by atoms with Crippen LogP contribution >= 0.6 is 0 Å². The van der Waals surface area contributed by atoms with Gasteiger partial charge in [0.25, 0.3) is 5.91 Å². The molecule has 1 aromatic heterocycles. The normalized spacial score (nSPS) is 14.4. The predicted molar refractivity (Wildman–Crippen MR) is 66.0 cm³/mol. The van der Waals surface area contributed by atoms with Crippen LogP contribution in [0.4, 0.5) is 5.69 Å². The zero-order valence-corrected chi connectivity index (χ0v) is 9.97. The van der Waals surface area contributed by atoms with Crippen molar-refractivity contribution in [1.82, 2.24) is 4.98 Å². The highest BCUT2D eigenvalue weighted by molar-refractivity contribution is 6.33. The maximum Gasteiger partial charge on any atom is 0.269 e. The van der Waals surface area contributed by atoms with Crippen LogP contribution in [-0.4, -0.2) is 30.2 Å². The second-order valence-electron chi connectivity index (χ2n) is 3.18. The number of aryl methyl sites for hydroxylation is 1. The fourth-order valence-electron chi connectivity index (χ4n) is 1.36. The zero-order valence-electron chi connectivity index (χ0n) is 9.97. The maximum atomic E-state index is 11.4. The lowest BCUT2D eigenvalue weighted by molar-refractivity contribution is -0.112. The highest BCUT2D eigenvalue weighted by Crippen LogP contribution is 2.13. The van der Waals surface area contributed by atoms with Gasteiger partial charge in [-0.2, -0.15) is 0 Å². The van der Waals surface area contributed by atoms with Crippen molar-refractivity contribution < 1.29 is 4.79 Å². The van der Waals surface area contributed by atoms with Crippen LogP contribution in [-0.2, 0) is 4.79 Å². The molecule has 4 heteroatoms. The van der Waals surface area contributed by atoms with Crippen LogP contribution in [0.25, 0.3) is 0 Å². The van der Waals surface area contributed by atoms with Gasteiger partial charge < -0.3 is 4.90 Å². The summed E-state index contributed by atoms with van der Waals surface area (Å²) in [6, 6.07) is 3.80. The summed E-state index contributed by atoms with van der Waals surface area (Å²) in [5.74, 6) is -0.0677. The van der Waals surface area contributed by atoms with E-state index in [1.165, 1.54) is 6.21 Å². The first-order valence-electron chi connectivity index (χ1n) is 5.51. The van der Waals surface area contributed by atoms with Crippen LogP contribution in [0, 0.1) is 6.92 Å². The Kier molecular flexibility index (Phi) is 4.64. The van der Waals surface area contributed by atoms with Gasteiger partial charge in [-0.3, -0.25) is 14.8 Å². The van der Waals surface area contributed by atoms with Gasteiger partial charge in [0, 0.05) is 12.2 Å². The summed E-state index contributed by atoms with van der Waals surface area (Å²) < 4.78 is 0. The Morgan fingerprint density at radius 3 is 2.62 bits per heavy atom. The van der Waals surface area contributed by atoms with E-state index in [1.54, 1.807) is 11.1 Å². The number of aliphatic imine (C=N–C) groups is 1. The third-order valence-corrected chi connectivity index (χ3v) is 2.13. The molecule has 0 saturated carbocycles. The lowest BCUT2D eigenvalue weighted by Crippen LogP contribution is -2.37. The van der Waals surface area contributed by atoms with Crippen molar-refractivity contribution in [3.05, 3.63) is 24.0 Å². The van der Waals surface area contributed by atoms with Crippen LogP contribution in [0.3, 0.4) is 0 Å². The molecule has 0 atom stereocenters. The first-order chi connectivity index (χ1) is 7.77. The number of carbonyl (C=O) groups is 1. The summed E-state index contributed by atoms with van der Waals surface area (Å²) in [6.45, 7) is 7.23. The van der Waals surface area contributed by atoms with E-state index in [0.717, 1.165) is 11.4 Å². The number of rotatable bonds is 1. The molecule has 4 nitrogen and oxygen atoms in total. The average Bonchev–Trinajstić information content (AvgIpc) is 2.34. The molecule has 1 aliphatic rings. The molecule has 0 spiro atoms. The molecule has 0 radical (unpaired) electrons. The number of pyridine rings is 1. The Balaban J connectivity index is 0.000000606. The Morgan fingerprint density at radius 2 is 2.06 bits per heavy atom. The highest BCUT2D eigenvalue weighted by Gasteiger charge is 2.16. The van der Waals surface area contributed by atoms with Crippen LogP contribution in [0.1, 0.15) is 19.5 Å². The van der Waals surface area contributed by atoms with Crippen molar-refractivity contribution in [2.24, 2.45) is 4.99 Å². The van der Waals surface area contributed by atoms with Crippen molar-refractivity contribution in [2.45, 2.75) is 20.8 Å². The molecular formula is C12H17N3O. The van der Waals surface area contributed by atoms with Crippen LogP contribution < -0.4 is 4.90 Å². The monoisotopic (exact) mass is 219 g/mol. The molecule has 0 saturated heterocycles. The quantitative estimate of drug-likeness (QED) is 0.723. The second-order valence-corrected chi connectivity index (χ2v) is 3.18. The number of hydrogen-bond acceptors (Lipinski definition) is 3. The summed E-state index contributed by atoms with van der Waals surface area (Å²) in [5, 5.41) is 0. The van der Waals surface area contributed by atoms with Crippen molar-refractivity contribution in [3.63, 3.8) is 0 Å². The van der Waals surface area contributed by atoms with Gasteiger partial charge in [-0.25, -0.2) is 0 Å². The van der Waals surface area contributed by atoms with Crippen LogP contribution in [0.15, 0.2) is 23.3 Å². The molecular weight excluding hydrogens is 202 g/mol. The summed E-state index contributed by atoms with van der Waals surface area (Å²) in [7, 11) is 0. The van der Waals surface area contributed by atoms with Crippen molar-refractivity contribution in [2.75, 3.05) is 18.0 Å². The number of hydrogen-bond donors (Lipinski definition) is 0. The van der Waals surface area contributed by atoms with Gasteiger partial charge in [0.2, 0.25) is 0 Å². The second kappa shape index (κ2) is 6.00. The summed E-state index contributed by atoms with van der Waals surface area (Å²) in [5.41, 5.74) is 1.79. The Morgan fingerprint density at radius 1 is 1.31 bits per heavy atom. The van der Waals surface area contributed by atoms with E-state index in [1.807, 2.05) is 32.9 Å². The topological polar surface area (TPSA) is 45.6 Å². The van der Waals surface area contributed by atoms with Gasteiger partial charge in [0.15, 0.2) is 0 Å². The number of aromatic nitrogens is 1. The molecule has 16 heavy (non-hydrogen) atoms. The number of carbonyl (C=O) groups excluding carboxylic acids is 1. The molecule has 0 bridgehead atoms. The molecule has 2 rings (SSSR count). The number of anilines is 1. The largest absolute Gasteiger partial charge is 0.304 e. The molecule has 0 N–H and O–H groups in total. The molecule has 0 aliphatic carbocycles. The van der Waals surface area contributed by atoms with Gasteiger partial charge in [0.1, 0.15) is 0 Å². The van der Waals surface area contributed by atoms with Crippen molar-refractivity contribution in [3.8, 4) is 0 Å².